The van der Waals surface area contributed by atoms with Crippen LogP contribution in [0, 0.1) is 5.41 Å². The van der Waals surface area contributed by atoms with E-state index in [-0.39, 0.29) is 0 Å². The minimum absolute atomic E-state index is 0.322. The molecule has 18 heavy (non-hydrogen) atoms. The fraction of sp³-hybridized carbons (Fsp3) is 0.467. The highest BCUT2D eigenvalue weighted by Crippen LogP contribution is 2.47. The summed E-state index contributed by atoms with van der Waals surface area (Å²) >= 11 is 1.82. The van der Waals surface area contributed by atoms with Gasteiger partial charge in [-0.15, -0.1) is 11.3 Å². The van der Waals surface area contributed by atoms with Crippen LogP contribution in [-0.4, -0.2) is 18.3 Å². The standard InChI is InChI=1S/C15H19NOS/c17-8-7-15(5-6-15)11-16-9-12-10-18-14-4-2-1-3-13(12)14/h1-4,10,16-17H,5-9,11H2. The molecule has 1 aliphatic carbocycles. The maximum Gasteiger partial charge on any atom is 0.0436 e. The summed E-state index contributed by atoms with van der Waals surface area (Å²) in [4.78, 5) is 0. The third kappa shape index (κ3) is 2.44. The first-order chi connectivity index (χ1) is 8.83. The van der Waals surface area contributed by atoms with Crippen LogP contribution in [0.2, 0.25) is 0 Å². The summed E-state index contributed by atoms with van der Waals surface area (Å²) in [5.41, 5.74) is 1.80. The van der Waals surface area contributed by atoms with Gasteiger partial charge in [-0.05, 0) is 47.1 Å². The highest BCUT2D eigenvalue weighted by atomic mass is 32.1. The number of thiophene rings is 1. The van der Waals surface area contributed by atoms with E-state index in [1.54, 1.807) is 0 Å². The van der Waals surface area contributed by atoms with Gasteiger partial charge in [-0.3, -0.25) is 0 Å². The Morgan fingerprint density at radius 1 is 1.28 bits per heavy atom. The number of hydrogen-bond donors (Lipinski definition) is 2. The summed E-state index contributed by atoms with van der Waals surface area (Å²) < 4.78 is 1.37. The predicted octanol–water partition coefficient (Wildman–Crippen LogP) is 3.15. The predicted molar refractivity (Wildman–Crippen MR) is 76.9 cm³/mol. The Labute approximate surface area is 112 Å². The number of hydrogen-bond acceptors (Lipinski definition) is 3. The van der Waals surface area contributed by atoms with Gasteiger partial charge in [0.05, 0.1) is 0 Å². The van der Waals surface area contributed by atoms with Crippen molar-refractivity contribution in [2.45, 2.75) is 25.8 Å². The van der Waals surface area contributed by atoms with Crippen molar-refractivity contribution in [1.82, 2.24) is 5.32 Å². The first kappa shape index (κ1) is 12.2. The molecule has 3 rings (SSSR count). The van der Waals surface area contributed by atoms with E-state index in [4.69, 9.17) is 5.11 Å². The zero-order chi connectivity index (χ0) is 12.4. The first-order valence-electron chi connectivity index (χ1n) is 6.60. The molecule has 1 aromatic heterocycles. The Kier molecular flexibility index (Phi) is 3.37. The molecule has 0 aliphatic heterocycles. The molecule has 0 spiro atoms. The van der Waals surface area contributed by atoms with Gasteiger partial charge in [-0.2, -0.15) is 0 Å². The average molecular weight is 261 g/mol. The zero-order valence-corrected chi connectivity index (χ0v) is 11.3. The van der Waals surface area contributed by atoms with Crippen LogP contribution >= 0.6 is 11.3 Å². The Bertz CT molecular complexity index is 530. The van der Waals surface area contributed by atoms with Crippen molar-refractivity contribution in [1.29, 1.82) is 0 Å². The van der Waals surface area contributed by atoms with Gasteiger partial charge in [0.1, 0.15) is 0 Å². The topological polar surface area (TPSA) is 32.3 Å². The number of nitrogens with one attached hydrogen (secondary N) is 1. The second kappa shape index (κ2) is 5.00. The average Bonchev–Trinajstić information content (AvgIpc) is 3.02. The van der Waals surface area contributed by atoms with Crippen LogP contribution in [0.4, 0.5) is 0 Å². The molecule has 1 aromatic carbocycles. The molecule has 1 heterocycles. The molecule has 1 aliphatic rings. The summed E-state index contributed by atoms with van der Waals surface area (Å²) in [6.45, 7) is 2.30. The van der Waals surface area contributed by atoms with Gasteiger partial charge >= 0.3 is 0 Å². The fourth-order valence-electron chi connectivity index (χ4n) is 2.56. The molecule has 2 aromatic rings. The van der Waals surface area contributed by atoms with Crippen molar-refractivity contribution in [2.24, 2.45) is 5.41 Å². The third-order valence-electron chi connectivity index (χ3n) is 3.98. The largest absolute Gasteiger partial charge is 0.396 e. The Balaban J connectivity index is 1.60. The van der Waals surface area contributed by atoms with Crippen LogP contribution in [0.3, 0.4) is 0 Å². The summed E-state index contributed by atoms with van der Waals surface area (Å²) in [5.74, 6) is 0. The monoisotopic (exact) mass is 261 g/mol. The molecule has 0 saturated heterocycles. The maximum atomic E-state index is 9.04. The number of aliphatic hydroxyl groups is 1. The lowest BCUT2D eigenvalue weighted by molar-refractivity contribution is 0.245. The van der Waals surface area contributed by atoms with Gasteiger partial charge in [0, 0.05) is 24.4 Å². The fourth-order valence-corrected chi connectivity index (χ4v) is 3.52. The molecule has 3 heteroatoms. The molecule has 1 fully saturated rings. The van der Waals surface area contributed by atoms with Crippen LogP contribution < -0.4 is 5.32 Å². The molecule has 0 unspecified atom stereocenters. The molecule has 0 bridgehead atoms. The lowest BCUT2D eigenvalue weighted by Gasteiger charge is -2.14. The summed E-state index contributed by atoms with van der Waals surface area (Å²) in [6, 6.07) is 8.57. The lowest BCUT2D eigenvalue weighted by Crippen LogP contribution is -2.24. The highest BCUT2D eigenvalue weighted by molar-refractivity contribution is 7.17. The minimum Gasteiger partial charge on any atom is -0.396 e. The summed E-state index contributed by atoms with van der Waals surface area (Å²) in [7, 11) is 0. The first-order valence-corrected chi connectivity index (χ1v) is 7.48. The molecule has 0 atom stereocenters. The van der Waals surface area contributed by atoms with E-state index >= 15 is 0 Å². The van der Waals surface area contributed by atoms with E-state index in [1.165, 1.54) is 28.5 Å². The molecule has 0 amide bonds. The van der Waals surface area contributed by atoms with Crippen molar-refractivity contribution in [3.63, 3.8) is 0 Å². The minimum atomic E-state index is 0.322. The normalized spacial score (nSPS) is 17.2. The van der Waals surface area contributed by atoms with Crippen LogP contribution in [0.15, 0.2) is 29.6 Å². The van der Waals surface area contributed by atoms with Gasteiger partial charge in [-0.1, -0.05) is 18.2 Å². The smallest absolute Gasteiger partial charge is 0.0436 e. The van der Waals surface area contributed by atoms with Crippen molar-refractivity contribution >= 4 is 21.4 Å². The second-order valence-electron chi connectivity index (χ2n) is 5.33. The molecule has 96 valence electrons. The van der Waals surface area contributed by atoms with E-state index in [9.17, 15) is 0 Å². The van der Waals surface area contributed by atoms with Crippen molar-refractivity contribution in [3.05, 3.63) is 35.2 Å². The van der Waals surface area contributed by atoms with Crippen LogP contribution in [-0.2, 0) is 6.54 Å². The number of benzene rings is 1. The second-order valence-corrected chi connectivity index (χ2v) is 6.25. The third-order valence-corrected chi connectivity index (χ3v) is 4.99. The van der Waals surface area contributed by atoms with Crippen LogP contribution in [0.1, 0.15) is 24.8 Å². The van der Waals surface area contributed by atoms with Crippen molar-refractivity contribution in [2.75, 3.05) is 13.2 Å². The van der Waals surface area contributed by atoms with E-state index in [2.05, 4.69) is 35.0 Å². The molecule has 0 radical (unpaired) electrons. The summed E-state index contributed by atoms with van der Waals surface area (Å²) in [5, 5.41) is 16.2. The Morgan fingerprint density at radius 2 is 2.11 bits per heavy atom. The van der Waals surface area contributed by atoms with Gasteiger partial charge in [0.2, 0.25) is 0 Å². The number of aliphatic hydroxyl groups excluding tert-OH is 1. The summed E-state index contributed by atoms with van der Waals surface area (Å²) in [6.07, 6.45) is 3.49. The van der Waals surface area contributed by atoms with E-state index in [0.29, 0.717) is 12.0 Å². The molecule has 1 saturated carbocycles. The lowest BCUT2D eigenvalue weighted by atomic mass is 10.0. The SMILES string of the molecule is OCCC1(CNCc2csc3ccccc23)CC1. The van der Waals surface area contributed by atoms with Gasteiger partial charge < -0.3 is 10.4 Å². The number of rotatable bonds is 6. The maximum absolute atomic E-state index is 9.04. The van der Waals surface area contributed by atoms with E-state index in [0.717, 1.165) is 19.5 Å². The molecule has 2 nitrogen and oxygen atoms in total. The quantitative estimate of drug-likeness (QED) is 0.837. The Hall–Kier alpha value is -0.900. The molecular weight excluding hydrogens is 242 g/mol. The Morgan fingerprint density at radius 3 is 2.89 bits per heavy atom. The van der Waals surface area contributed by atoms with Crippen molar-refractivity contribution < 1.29 is 5.11 Å². The van der Waals surface area contributed by atoms with Crippen molar-refractivity contribution in [3.8, 4) is 0 Å². The molecular formula is C15H19NOS. The van der Waals surface area contributed by atoms with Crippen LogP contribution in [0.25, 0.3) is 10.1 Å². The van der Waals surface area contributed by atoms with E-state index in [1.807, 2.05) is 11.3 Å². The highest BCUT2D eigenvalue weighted by Gasteiger charge is 2.41. The van der Waals surface area contributed by atoms with Gasteiger partial charge in [0.25, 0.3) is 0 Å². The number of fused-ring (bicyclic) bond motifs is 1. The van der Waals surface area contributed by atoms with Gasteiger partial charge in [-0.25, -0.2) is 0 Å². The van der Waals surface area contributed by atoms with Crippen LogP contribution in [0.5, 0.6) is 0 Å². The van der Waals surface area contributed by atoms with E-state index < -0.39 is 0 Å². The molecule has 2 N–H and O–H groups in total. The zero-order valence-electron chi connectivity index (χ0n) is 10.5. The van der Waals surface area contributed by atoms with Gasteiger partial charge in [0.15, 0.2) is 0 Å².